The highest BCUT2D eigenvalue weighted by atomic mass is 35.5. The van der Waals surface area contributed by atoms with Crippen molar-refractivity contribution in [3.8, 4) is 0 Å². The molecule has 98 valence electrons. The van der Waals surface area contributed by atoms with Crippen LogP contribution in [0, 0.1) is 0 Å². The maximum atomic E-state index is 11.5. The molecular formula is C14H11Cl2NOS. The molecule has 0 spiro atoms. The average molecular weight is 312 g/mol. The fourth-order valence-electron chi connectivity index (χ4n) is 1.59. The minimum absolute atomic E-state index is 0.0582. The Morgan fingerprint density at radius 2 is 1.89 bits per heavy atom. The number of benzene rings is 2. The maximum Gasteiger partial charge on any atom is 0.161 e. The molecule has 0 saturated carbocycles. The van der Waals surface area contributed by atoms with Crippen LogP contribution in [-0.4, -0.2) is 5.78 Å². The SMILES string of the molecule is CC(=O)c1cc(Sc2cc(Cl)ccc2Cl)ccc1N. The van der Waals surface area contributed by atoms with Crippen molar-refractivity contribution in [3.63, 3.8) is 0 Å². The molecule has 5 heteroatoms. The third-order valence-electron chi connectivity index (χ3n) is 2.53. The number of ketones is 1. The topological polar surface area (TPSA) is 43.1 Å². The number of halogens is 2. The van der Waals surface area contributed by atoms with Crippen LogP contribution in [0.5, 0.6) is 0 Å². The van der Waals surface area contributed by atoms with Gasteiger partial charge in [-0.3, -0.25) is 4.79 Å². The monoisotopic (exact) mass is 311 g/mol. The van der Waals surface area contributed by atoms with E-state index in [0.29, 0.717) is 21.3 Å². The van der Waals surface area contributed by atoms with Crippen molar-refractivity contribution in [2.75, 3.05) is 5.73 Å². The zero-order valence-electron chi connectivity index (χ0n) is 10.1. The van der Waals surface area contributed by atoms with Gasteiger partial charge < -0.3 is 5.73 Å². The summed E-state index contributed by atoms with van der Waals surface area (Å²) in [6.07, 6.45) is 0. The largest absolute Gasteiger partial charge is 0.398 e. The van der Waals surface area contributed by atoms with Crippen LogP contribution < -0.4 is 5.73 Å². The van der Waals surface area contributed by atoms with E-state index in [9.17, 15) is 4.79 Å². The van der Waals surface area contributed by atoms with Gasteiger partial charge in [0.2, 0.25) is 0 Å². The third kappa shape index (κ3) is 3.44. The lowest BCUT2D eigenvalue weighted by molar-refractivity contribution is 0.101. The first-order chi connectivity index (χ1) is 8.97. The van der Waals surface area contributed by atoms with E-state index in [1.165, 1.54) is 18.7 Å². The summed E-state index contributed by atoms with van der Waals surface area (Å²) in [7, 11) is 0. The first kappa shape index (κ1) is 14.3. The first-order valence-electron chi connectivity index (χ1n) is 5.51. The Kier molecular flexibility index (Phi) is 4.40. The Bertz CT molecular complexity index is 643. The van der Waals surface area contributed by atoms with E-state index in [1.54, 1.807) is 30.3 Å². The van der Waals surface area contributed by atoms with Gasteiger partial charge in [0.15, 0.2) is 5.78 Å². The van der Waals surface area contributed by atoms with Gasteiger partial charge in [0.25, 0.3) is 0 Å². The number of hydrogen-bond acceptors (Lipinski definition) is 3. The Morgan fingerprint density at radius 1 is 1.16 bits per heavy atom. The van der Waals surface area contributed by atoms with Crippen molar-refractivity contribution in [3.05, 3.63) is 52.0 Å². The molecule has 2 N–H and O–H groups in total. The molecule has 0 unspecified atom stereocenters. The zero-order chi connectivity index (χ0) is 14.0. The Morgan fingerprint density at radius 3 is 2.58 bits per heavy atom. The predicted molar refractivity (Wildman–Crippen MR) is 81.4 cm³/mol. The van der Waals surface area contributed by atoms with E-state index in [-0.39, 0.29) is 5.78 Å². The molecule has 2 rings (SSSR count). The van der Waals surface area contributed by atoms with Gasteiger partial charge in [0.1, 0.15) is 0 Å². The highest BCUT2D eigenvalue weighted by Gasteiger charge is 2.09. The summed E-state index contributed by atoms with van der Waals surface area (Å²) in [6, 6.07) is 10.6. The number of Topliss-reactive ketones (excluding diaryl/α,β-unsaturated/α-hetero) is 1. The number of carbonyl (C=O) groups is 1. The second kappa shape index (κ2) is 5.87. The van der Waals surface area contributed by atoms with Gasteiger partial charge in [-0.2, -0.15) is 0 Å². The number of nitrogen functional groups attached to an aromatic ring is 1. The van der Waals surface area contributed by atoms with Gasteiger partial charge in [-0.05, 0) is 43.3 Å². The number of hydrogen-bond donors (Lipinski definition) is 1. The highest BCUT2D eigenvalue weighted by molar-refractivity contribution is 7.99. The van der Waals surface area contributed by atoms with Crippen molar-refractivity contribution in [1.82, 2.24) is 0 Å². The standard InChI is InChI=1S/C14H11Cl2NOS/c1-8(18)11-7-10(3-5-13(11)17)19-14-6-9(15)2-4-12(14)16/h2-7H,17H2,1H3. The maximum absolute atomic E-state index is 11.5. The number of carbonyl (C=O) groups excluding carboxylic acids is 1. The Hall–Kier alpha value is -1.16. The second-order valence-electron chi connectivity index (χ2n) is 3.98. The minimum Gasteiger partial charge on any atom is -0.398 e. The number of rotatable bonds is 3. The van der Waals surface area contributed by atoms with Crippen LogP contribution in [0.3, 0.4) is 0 Å². The molecule has 0 heterocycles. The summed E-state index contributed by atoms with van der Waals surface area (Å²) >= 11 is 13.5. The fraction of sp³-hybridized carbons (Fsp3) is 0.0714. The molecule has 0 aliphatic heterocycles. The molecule has 0 amide bonds. The van der Waals surface area contributed by atoms with Crippen molar-refractivity contribution in [1.29, 1.82) is 0 Å². The van der Waals surface area contributed by atoms with Gasteiger partial charge in [0.05, 0.1) is 5.02 Å². The van der Waals surface area contributed by atoms with Crippen molar-refractivity contribution in [2.24, 2.45) is 0 Å². The molecule has 2 aromatic carbocycles. The predicted octanol–water partition coefficient (Wildman–Crippen LogP) is 4.93. The normalized spacial score (nSPS) is 10.5. The molecule has 0 aromatic heterocycles. The van der Waals surface area contributed by atoms with Crippen LogP contribution >= 0.6 is 35.0 Å². The molecule has 2 nitrogen and oxygen atoms in total. The summed E-state index contributed by atoms with van der Waals surface area (Å²) in [5.41, 5.74) is 6.76. The van der Waals surface area contributed by atoms with Gasteiger partial charge >= 0.3 is 0 Å². The van der Waals surface area contributed by atoms with Gasteiger partial charge in [-0.15, -0.1) is 0 Å². The van der Waals surface area contributed by atoms with Crippen molar-refractivity contribution in [2.45, 2.75) is 16.7 Å². The molecule has 19 heavy (non-hydrogen) atoms. The van der Waals surface area contributed by atoms with Crippen LogP contribution in [0.2, 0.25) is 10.0 Å². The van der Waals surface area contributed by atoms with E-state index in [2.05, 4.69) is 0 Å². The Balaban J connectivity index is 2.36. The minimum atomic E-state index is -0.0582. The van der Waals surface area contributed by atoms with Crippen LogP contribution in [0.4, 0.5) is 5.69 Å². The average Bonchev–Trinajstić information content (AvgIpc) is 2.36. The molecule has 0 radical (unpaired) electrons. The smallest absolute Gasteiger partial charge is 0.161 e. The van der Waals surface area contributed by atoms with E-state index in [1.807, 2.05) is 6.07 Å². The van der Waals surface area contributed by atoms with Crippen LogP contribution in [0.15, 0.2) is 46.2 Å². The van der Waals surface area contributed by atoms with Gasteiger partial charge in [-0.1, -0.05) is 35.0 Å². The van der Waals surface area contributed by atoms with Crippen LogP contribution in [0.1, 0.15) is 17.3 Å². The van der Waals surface area contributed by atoms with E-state index < -0.39 is 0 Å². The summed E-state index contributed by atoms with van der Waals surface area (Å²) in [4.78, 5) is 13.2. The van der Waals surface area contributed by atoms with E-state index in [0.717, 1.165) is 9.79 Å². The van der Waals surface area contributed by atoms with Crippen LogP contribution in [-0.2, 0) is 0 Å². The summed E-state index contributed by atoms with van der Waals surface area (Å²) < 4.78 is 0. The molecule has 0 fully saturated rings. The van der Waals surface area contributed by atoms with Crippen molar-refractivity contribution >= 4 is 46.4 Å². The lowest BCUT2D eigenvalue weighted by atomic mass is 10.1. The Labute approximate surface area is 125 Å². The highest BCUT2D eigenvalue weighted by Crippen LogP contribution is 2.36. The lowest BCUT2D eigenvalue weighted by Gasteiger charge is -2.07. The van der Waals surface area contributed by atoms with E-state index >= 15 is 0 Å². The number of anilines is 1. The fourth-order valence-corrected chi connectivity index (χ4v) is 2.97. The summed E-state index contributed by atoms with van der Waals surface area (Å²) in [6.45, 7) is 1.49. The number of nitrogens with two attached hydrogens (primary N) is 1. The molecule has 2 aromatic rings. The third-order valence-corrected chi connectivity index (χ3v) is 4.25. The molecule has 0 aliphatic rings. The molecular weight excluding hydrogens is 301 g/mol. The first-order valence-corrected chi connectivity index (χ1v) is 7.08. The quantitative estimate of drug-likeness (QED) is 0.645. The van der Waals surface area contributed by atoms with Crippen LogP contribution in [0.25, 0.3) is 0 Å². The summed E-state index contributed by atoms with van der Waals surface area (Å²) in [5, 5.41) is 1.24. The zero-order valence-corrected chi connectivity index (χ0v) is 12.4. The molecule has 0 atom stereocenters. The molecule has 0 aliphatic carbocycles. The van der Waals surface area contributed by atoms with Gasteiger partial charge in [-0.25, -0.2) is 0 Å². The molecule has 0 saturated heterocycles. The van der Waals surface area contributed by atoms with Crippen molar-refractivity contribution < 1.29 is 4.79 Å². The van der Waals surface area contributed by atoms with Gasteiger partial charge in [0, 0.05) is 26.1 Å². The summed E-state index contributed by atoms with van der Waals surface area (Å²) in [5.74, 6) is -0.0582. The second-order valence-corrected chi connectivity index (χ2v) is 5.94. The lowest BCUT2D eigenvalue weighted by Crippen LogP contribution is -1.99. The van der Waals surface area contributed by atoms with E-state index in [4.69, 9.17) is 28.9 Å². The molecule has 0 bridgehead atoms.